The summed E-state index contributed by atoms with van der Waals surface area (Å²) in [6.07, 6.45) is 1.16. The maximum absolute atomic E-state index is 11.4. The molecule has 1 rings (SSSR count). The van der Waals surface area contributed by atoms with Gasteiger partial charge in [-0.05, 0) is 5.56 Å². The number of hydrogen-bond donors (Lipinski definition) is 0. The van der Waals surface area contributed by atoms with E-state index in [-0.39, 0.29) is 6.42 Å². The first-order chi connectivity index (χ1) is 6.55. The van der Waals surface area contributed by atoms with Crippen LogP contribution in [0.1, 0.15) is 17.2 Å². The molecule has 0 amide bonds. The molecule has 0 aliphatic carbocycles. The van der Waals surface area contributed by atoms with Crippen LogP contribution in [0.4, 0.5) is 0 Å². The van der Waals surface area contributed by atoms with E-state index in [1.807, 2.05) is 12.1 Å². The van der Waals surface area contributed by atoms with Gasteiger partial charge in [-0.15, -0.1) is 0 Å². The fourth-order valence-corrected chi connectivity index (χ4v) is 2.30. The van der Waals surface area contributed by atoms with E-state index in [4.69, 9.17) is 5.26 Å². The third-order valence-corrected chi connectivity index (χ3v) is 3.44. The fraction of sp³-hybridized carbons (Fsp3) is 0.300. The Labute approximate surface area is 83.9 Å². The molecule has 14 heavy (non-hydrogen) atoms. The summed E-state index contributed by atoms with van der Waals surface area (Å²) in [5, 5.41) is 7.85. The van der Waals surface area contributed by atoms with Gasteiger partial charge in [-0.1, -0.05) is 30.3 Å². The molecule has 0 radical (unpaired) electrons. The van der Waals surface area contributed by atoms with Crippen molar-refractivity contribution in [2.24, 2.45) is 0 Å². The first-order valence-electron chi connectivity index (χ1n) is 4.16. The Bertz CT molecular complexity index is 431. The predicted octanol–water partition coefficient (Wildman–Crippen LogP) is 1.69. The van der Waals surface area contributed by atoms with Crippen LogP contribution in [0.2, 0.25) is 0 Å². The van der Waals surface area contributed by atoms with Crippen molar-refractivity contribution in [3.05, 3.63) is 35.9 Å². The van der Waals surface area contributed by atoms with Crippen LogP contribution >= 0.6 is 0 Å². The molecule has 0 N–H and O–H groups in total. The van der Waals surface area contributed by atoms with Gasteiger partial charge in [-0.2, -0.15) is 5.26 Å². The molecule has 0 heterocycles. The second kappa shape index (κ2) is 4.25. The Balaban J connectivity index is 3.09. The summed E-state index contributed by atoms with van der Waals surface area (Å²) >= 11 is 0. The Morgan fingerprint density at radius 3 is 2.36 bits per heavy atom. The number of hydrogen-bond acceptors (Lipinski definition) is 3. The molecule has 74 valence electrons. The largest absolute Gasteiger partial charge is 0.228 e. The Morgan fingerprint density at radius 2 is 1.93 bits per heavy atom. The maximum atomic E-state index is 11.4. The summed E-state index contributed by atoms with van der Waals surface area (Å²) in [7, 11) is -3.20. The topological polar surface area (TPSA) is 57.9 Å². The molecule has 0 saturated carbocycles. The molecule has 0 aliphatic rings. The van der Waals surface area contributed by atoms with E-state index in [2.05, 4.69) is 0 Å². The molecule has 0 aromatic heterocycles. The lowest BCUT2D eigenvalue weighted by Crippen LogP contribution is -2.10. The number of nitrogens with zero attached hydrogens (tertiary/aromatic N) is 1. The second-order valence-electron chi connectivity index (χ2n) is 3.09. The molecule has 0 fully saturated rings. The van der Waals surface area contributed by atoms with Crippen molar-refractivity contribution < 1.29 is 8.42 Å². The van der Waals surface area contributed by atoms with E-state index in [0.717, 1.165) is 6.26 Å². The summed E-state index contributed by atoms with van der Waals surface area (Å²) in [5.41, 5.74) is 0.677. The van der Waals surface area contributed by atoms with E-state index in [0.29, 0.717) is 5.56 Å². The standard InChI is InChI=1S/C10H11NO2S/c1-14(12,13)10(7-8-11)9-5-3-2-4-6-9/h2-6,10H,7H2,1H3. The summed E-state index contributed by atoms with van der Waals surface area (Å²) < 4.78 is 22.7. The van der Waals surface area contributed by atoms with Crippen LogP contribution in [0.25, 0.3) is 0 Å². The highest BCUT2D eigenvalue weighted by Crippen LogP contribution is 2.24. The SMILES string of the molecule is CS(=O)(=O)C(CC#N)c1ccccc1. The van der Waals surface area contributed by atoms with Gasteiger partial charge in [-0.3, -0.25) is 0 Å². The van der Waals surface area contributed by atoms with Crippen molar-refractivity contribution in [1.82, 2.24) is 0 Å². The van der Waals surface area contributed by atoms with Crippen molar-refractivity contribution in [1.29, 1.82) is 5.26 Å². The molecule has 1 unspecified atom stereocenters. The summed E-state index contributed by atoms with van der Waals surface area (Å²) in [5.74, 6) is 0. The number of sulfone groups is 1. The molecule has 1 aromatic rings. The van der Waals surface area contributed by atoms with Gasteiger partial charge < -0.3 is 0 Å². The van der Waals surface area contributed by atoms with Gasteiger partial charge in [0, 0.05) is 6.26 Å². The molecule has 1 atom stereocenters. The van der Waals surface area contributed by atoms with Crippen LogP contribution in [0.3, 0.4) is 0 Å². The molecule has 4 heteroatoms. The monoisotopic (exact) mass is 209 g/mol. The van der Waals surface area contributed by atoms with Crippen molar-refractivity contribution >= 4 is 9.84 Å². The predicted molar refractivity (Wildman–Crippen MR) is 54.3 cm³/mol. The number of nitriles is 1. The van der Waals surface area contributed by atoms with Gasteiger partial charge in [0.25, 0.3) is 0 Å². The summed E-state index contributed by atoms with van der Waals surface area (Å²) in [4.78, 5) is 0. The van der Waals surface area contributed by atoms with E-state index in [1.54, 1.807) is 24.3 Å². The van der Waals surface area contributed by atoms with Crippen molar-refractivity contribution in [3.63, 3.8) is 0 Å². The lowest BCUT2D eigenvalue weighted by molar-refractivity contribution is 0.588. The van der Waals surface area contributed by atoms with Gasteiger partial charge in [0.2, 0.25) is 0 Å². The zero-order chi connectivity index (χ0) is 10.6. The zero-order valence-corrected chi connectivity index (χ0v) is 8.66. The van der Waals surface area contributed by atoms with Crippen LogP contribution < -0.4 is 0 Å². The van der Waals surface area contributed by atoms with Gasteiger partial charge in [0.05, 0.1) is 17.7 Å². The molecular weight excluding hydrogens is 198 g/mol. The summed E-state index contributed by atoms with van der Waals surface area (Å²) in [6.45, 7) is 0. The van der Waals surface area contributed by atoms with Crippen LogP contribution in [0.15, 0.2) is 30.3 Å². The molecule has 1 aromatic carbocycles. The van der Waals surface area contributed by atoms with Crippen LogP contribution in [0.5, 0.6) is 0 Å². The van der Waals surface area contributed by atoms with Crippen molar-refractivity contribution in [2.75, 3.05) is 6.26 Å². The van der Waals surface area contributed by atoms with Crippen LogP contribution in [-0.4, -0.2) is 14.7 Å². The van der Waals surface area contributed by atoms with Crippen LogP contribution in [-0.2, 0) is 9.84 Å². The zero-order valence-electron chi connectivity index (χ0n) is 7.84. The number of rotatable bonds is 3. The first kappa shape index (κ1) is 10.7. The lowest BCUT2D eigenvalue weighted by Gasteiger charge is -2.11. The second-order valence-corrected chi connectivity index (χ2v) is 5.32. The average Bonchev–Trinajstić information content (AvgIpc) is 2.14. The van der Waals surface area contributed by atoms with Gasteiger partial charge in [0.1, 0.15) is 0 Å². The molecule has 0 spiro atoms. The van der Waals surface area contributed by atoms with Crippen LogP contribution in [0, 0.1) is 11.3 Å². The first-order valence-corrected chi connectivity index (χ1v) is 6.12. The van der Waals surface area contributed by atoms with Gasteiger partial charge in [0.15, 0.2) is 9.84 Å². The average molecular weight is 209 g/mol. The summed E-state index contributed by atoms with van der Waals surface area (Å²) in [6, 6.07) is 10.7. The van der Waals surface area contributed by atoms with Gasteiger partial charge in [-0.25, -0.2) is 8.42 Å². The normalized spacial score (nSPS) is 13.1. The Hall–Kier alpha value is -1.34. The molecule has 0 aliphatic heterocycles. The van der Waals surface area contributed by atoms with Crippen molar-refractivity contribution in [3.8, 4) is 6.07 Å². The Morgan fingerprint density at radius 1 is 1.36 bits per heavy atom. The minimum atomic E-state index is -3.20. The highest BCUT2D eigenvalue weighted by molar-refractivity contribution is 7.90. The van der Waals surface area contributed by atoms with E-state index < -0.39 is 15.1 Å². The molecule has 3 nitrogen and oxygen atoms in total. The minimum Gasteiger partial charge on any atom is -0.228 e. The lowest BCUT2D eigenvalue weighted by atomic mass is 10.1. The highest BCUT2D eigenvalue weighted by Gasteiger charge is 2.21. The molecule has 0 saturated heterocycles. The quantitative estimate of drug-likeness (QED) is 0.761. The molecule has 0 bridgehead atoms. The van der Waals surface area contributed by atoms with Gasteiger partial charge >= 0.3 is 0 Å². The third kappa shape index (κ3) is 2.57. The van der Waals surface area contributed by atoms with E-state index in [1.165, 1.54) is 0 Å². The highest BCUT2D eigenvalue weighted by atomic mass is 32.2. The minimum absolute atomic E-state index is 0.00282. The van der Waals surface area contributed by atoms with E-state index >= 15 is 0 Å². The Kier molecular flexibility index (Phi) is 3.26. The fourth-order valence-electron chi connectivity index (χ4n) is 1.27. The van der Waals surface area contributed by atoms with E-state index in [9.17, 15) is 8.42 Å². The maximum Gasteiger partial charge on any atom is 0.155 e. The molecular formula is C10H11NO2S. The third-order valence-electron chi connectivity index (χ3n) is 1.96. The smallest absolute Gasteiger partial charge is 0.155 e. The number of benzene rings is 1. The van der Waals surface area contributed by atoms with Crippen molar-refractivity contribution in [2.45, 2.75) is 11.7 Å².